The van der Waals surface area contributed by atoms with Crippen LogP contribution >= 0.6 is 11.3 Å². The van der Waals surface area contributed by atoms with Gasteiger partial charge in [0.15, 0.2) is 12.4 Å². The van der Waals surface area contributed by atoms with E-state index >= 15 is 0 Å². The van der Waals surface area contributed by atoms with Crippen LogP contribution in [0, 0.1) is 0 Å². The van der Waals surface area contributed by atoms with Crippen molar-refractivity contribution >= 4 is 41.0 Å². The first-order valence-electron chi connectivity index (χ1n) is 8.38. The van der Waals surface area contributed by atoms with Crippen molar-refractivity contribution < 1.29 is 33.8 Å². The third-order valence-corrected chi connectivity index (χ3v) is 4.69. The number of fused-ring (bicyclic) bond motifs is 1. The second-order valence-electron chi connectivity index (χ2n) is 6.03. The lowest BCUT2D eigenvalue weighted by molar-refractivity contribution is -0.143. The highest BCUT2D eigenvalue weighted by atomic mass is 32.1. The standard InChI is InChI=1S/C19H16N2O7S/c20-16(22)8-13(19(25)26)21-17(23)9-27-10-3-4-12-14(6-10)28-15(18(12)24)7-11-2-1-5-29-11/h1-7,13H,8-9H2,(H2,20,22)(H,21,23)(H,25,26). The molecule has 0 radical (unpaired) electrons. The fourth-order valence-electron chi connectivity index (χ4n) is 2.55. The number of hydrogen-bond donors (Lipinski definition) is 3. The van der Waals surface area contributed by atoms with Crippen LogP contribution in [0.2, 0.25) is 0 Å². The number of aliphatic carboxylic acids is 1. The van der Waals surface area contributed by atoms with Crippen LogP contribution < -0.4 is 20.5 Å². The minimum atomic E-state index is -1.44. The third-order valence-electron chi connectivity index (χ3n) is 3.87. The molecule has 0 bridgehead atoms. The van der Waals surface area contributed by atoms with E-state index in [0.717, 1.165) is 4.88 Å². The molecule has 4 N–H and O–H groups in total. The predicted octanol–water partition coefficient (Wildman–Crippen LogP) is 1.19. The summed E-state index contributed by atoms with van der Waals surface area (Å²) in [6.07, 6.45) is 1.11. The Balaban J connectivity index is 1.62. The van der Waals surface area contributed by atoms with E-state index in [9.17, 15) is 19.2 Å². The molecule has 1 aromatic heterocycles. The van der Waals surface area contributed by atoms with Gasteiger partial charge < -0.3 is 25.6 Å². The van der Waals surface area contributed by atoms with Crippen LogP contribution in [0.4, 0.5) is 0 Å². The van der Waals surface area contributed by atoms with E-state index in [0.29, 0.717) is 11.3 Å². The van der Waals surface area contributed by atoms with Gasteiger partial charge in [0, 0.05) is 17.0 Å². The number of carbonyl (C=O) groups excluding carboxylic acids is 3. The van der Waals surface area contributed by atoms with Gasteiger partial charge in [-0.25, -0.2) is 4.79 Å². The van der Waals surface area contributed by atoms with Crippen molar-refractivity contribution in [1.29, 1.82) is 0 Å². The van der Waals surface area contributed by atoms with Crippen LogP contribution in [0.3, 0.4) is 0 Å². The number of hydrogen-bond acceptors (Lipinski definition) is 7. The molecule has 10 heteroatoms. The summed E-state index contributed by atoms with van der Waals surface area (Å²) in [6, 6.07) is 6.77. The van der Waals surface area contributed by atoms with Gasteiger partial charge in [-0.3, -0.25) is 14.4 Å². The summed E-state index contributed by atoms with van der Waals surface area (Å²) in [5, 5.41) is 13.0. The molecule has 1 aliphatic heterocycles. The fraction of sp³-hybridized carbons (Fsp3) is 0.158. The van der Waals surface area contributed by atoms with Crippen LogP contribution in [-0.4, -0.2) is 41.3 Å². The van der Waals surface area contributed by atoms with Crippen LogP contribution in [0.5, 0.6) is 11.5 Å². The van der Waals surface area contributed by atoms with Crippen molar-refractivity contribution in [2.24, 2.45) is 5.73 Å². The largest absolute Gasteiger partial charge is 0.484 e. The normalized spacial score (nSPS) is 14.8. The highest BCUT2D eigenvalue weighted by Gasteiger charge is 2.28. The van der Waals surface area contributed by atoms with Gasteiger partial charge in [-0.15, -0.1) is 11.3 Å². The number of carboxylic acid groups (broad SMARTS) is 1. The molecule has 0 spiro atoms. The van der Waals surface area contributed by atoms with Crippen molar-refractivity contribution in [2.75, 3.05) is 6.61 Å². The summed E-state index contributed by atoms with van der Waals surface area (Å²) in [7, 11) is 0. The molecule has 2 aromatic rings. The summed E-state index contributed by atoms with van der Waals surface area (Å²) in [5.74, 6) is -2.49. The number of ether oxygens (including phenoxy) is 2. The zero-order valence-corrected chi connectivity index (χ0v) is 15.7. The lowest BCUT2D eigenvalue weighted by Crippen LogP contribution is -2.45. The van der Waals surface area contributed by atoms with E-state index in [4.69, 9.17) is 20.3 Å². The minimum absolute atomic E-state index is 0.188. The maximum Gasteiger partial charge on any atom is 0.326 e. The second-order valence-corrected chi connectivity index (χ2v) is 7.01. The molecule has 29 heavy (non-hydrogen) atoms. The minimum Gasteiger partial charge on any atom is -0.484 e. The van der Waals surface area contributed by atoms with Gasteiger partial charge >= 0.3 is 5.97 Å². The number of carboxylic acids is 1. The van der Waals surface area contributed by atoms with Crippen molar-refractivity contribution in [3.05, 3.63) is 51.9 Å². The van der Waals surface area contributed by atoms with Crippen LogP contribution in [0.25, 0.3) is 6.08 Å². The number of rotatable bonds is 8. The Kier molecular flexibility index (Phi) is 5.93. The van der Waals surface area contributed by atoms with Gasteiger partial charge in [0.1, 0.15) is 17.5 Å². The Labute approximate surface area is 168 Å². The zero-order valence-electron chi connectivity index (χ0n) is 14.9. The first kappa shape index (κ1) is 20.1. The number of ketones is 1. The number of nitrogens with one attached hydrogen (secondary N) is 1. The van der Waals surface area contributed by atoms with Crippen molar-refractivity contribution in [2.45, 2.75) is 12.5 Å². The number of thiophene rings is 1. The summed E-state index contributed by atoms with van der Waals surface area (Å²) in [4.78, 5) is 47.0. The molecule has 0 fully saturated rings. The van der Waals surface area contributed by atoms with Crippen molar-refractivity contribution in [3.63, 3.8) is 0 Å². The van der Waals surface area contributed by atoms with E-state index in [-0.39, 0.29) is 17.3 Å². The maximum absolute atomic E-state index is 12.4. The highest BCUT2D eigenvalue weighted by Crippen LogP contribution is 2.35. The summed E-state index contributed by atoms with van der Waals surface area (Å²) in [5.41, 5.74) is 5.33. The number of benzene rings is 1. The molecule has 1 aromatic carbocycles. The smallest absolute Gasteiger partial charge is 0.326 e. The molecule has 0 aliphatic carbocycles. The molecule has 0 saturated heterocycles. The highest BCUT2D eigenvalue weighted by molar-refractivity contribution is 7.10. The van der Waals surface area contributed by atoms with Crippen molar-refractivity contribution in [3.8, 4) is 11.5 Å². The number of nitrogens with two attached hydrogens (primary N) is 1. The summed E-state index contributed by atoms with van der Waals surface area (Å²) >= 11 is 1.47. The SMILES string of the molecule is NC(=O)CC(NC(=O)COc1ccc2c(c1)OC(=Cc1cccs1)C2=O)C(=O)O. The van der Waals surface area contributed by atoms with Gasteiger partial charge in [-0.05, 0) is 23.6 Å². The topological polar surface area (TPSA) is 145 Å². The first-order valence-corrected chi connectivity index (χ1v) is 9.26. The van der Waals surface area contributed by atoms with E-state index < -0.39 is 36.9 Å². The number of primary amides is 1. The molecular formula is C19H16N2O7S. The average Bonchev–Trinajstić information content (AvgIpc) is 3.27. The lowest BCUT2D eigenvalue weighted by atomic mass is 10.1. The van der Waals surface area contributed by atoms with Crippen LogP contribution in [0.1, 0.15) is 21.7 Å². The lowest BCUT2D eigenvalue weighted by Gasteiger charge is -2.13. The molecule has 2 heterocycles. The molecule has 1 aliphatic rings. The Hall–Kier alpha value is -3.66. The summed E-state index contributed by atoms with van der Waals surface area (Å²) in [6.45, 7) is -0.493. The van der Waals surface area contributed by atoms with Gasteiger partial charge in [-0.2, -0.15) is 0 Å². The molecule has 1 unspecified atom stereocenters. The quantitative estimate of drug-likeness (QED) is 0.548. The van der Waals surface area contributed by atoms with Gasteiger partial charge in [0.05, 0.1) is 12.0 Å². The van der Waals surface area contributed by atoms with E-state index in [2.05, 4.69) is 5.32 Å². The molecule has 3 rings (SSSR count). The van der Waals surface area contributed by atoms with E-state index in [1.165, 1.54) is 29.5 Å². The number of amides is 2. The third kappa shape index (κ3) is 4.99. The van der Waals surface area contributed by atoms with E-state index in [1.54, 1.807) is 6.08 Å². The Bertz CT molecular complexity index is 998. The number of Topliss-reactive ketones (excluding diaryl/α,β-unsaturated/α-hetero) is 1. The van der Waals surface area contributed by atoms with E-state index in [1.807, 2.05) is 17.5 Å². The Morgan fingerprint density at radius 3 is 2.76 bits per heavy atom. The summed E-state index contributed by atoms with van der Waals surface area (Å²) < 4.78 is 10.9. The number of carbonyl (C=O) groups is 4. The molecule has 150 valence electrons. The monoisotopic (exact) mass is 416 g/mol. The Morgan fingerprint density at radius 2 is 2.10 bits per heavy atom. The average molecular weight is 416 g/mol. The maximum atomic E-state index is 12.4. The molecule has 0 saturated carbocycles. The van der Waals surface area contributed by atoms with Gasteiger partial charge in [0.25, 0.3) is 5.91 Å². The van der Waals surface area contributed by atoms with Crippen LogP contribution in [-0.2, 0) is 14.4 Å². The van der Waals surface area contributed by atoms with Crippen LogP contribution in [0.15, 0.2) is 41.5 Å². The first-order chi connectivity index (χ1) is 13.8. The second kappa shape index (κ2) is 8.57. The molecule has 9 nitrogen and oxygen atoms in total. The van der Waals surface area contributed by atoms with Gasteiger partial charge in [0.2, 0.25) is 11.7 Å². The fourth-order valence-corrected chi connectivity index (χ4v) is 3.19. The predicted molar refractivity (Wildman–Crippen MR) is 103 cm³/mol. The Morgan fingerprint density at radius 1 is 1.31 bits per heavy atom. The zero-order chi connectivity index (χ0) is 21.0. The van der Waals surface area contributed by atoms with Crippen molar-refractivity contribution in [1.82, 2.24) is 5.32 Å². The van der Waals surface area contributed by atoms with Gasteiger partial charge in [-0.1, -0.05) is 6.07 Å². The molecule has 1 atom stereocenters. The molecule has 2 amide bonds. The number of allylic oxidation sites excluding steroid dienone is 1. The molecular weight excluding hydrogens is 400 g/mol.